The molecular formula is C17H17F2N3S. The van der Waals surface area contributed by atoms with Gasteiger partial charge in [-0.1, -0.05) is 18.2 Å². The number of hydrogen-bond acceptors (Lipinski definition) is 2. The van der Waals surface area contributed by atoms with Crippen molar-refractivity contribution in [2.45, 2.75) is 0 Å². The molecule has 6 heteroatoms. The zero-order valence-corrected chi connectivity index (χ0v) is 13.3. The molecule has 2 aromatic rings. The Labute approximate surface area is 139 Å². The Bertz CT molecular complexity index is 685. The van der Waals surface area contributed by atoms with Crippen molar-refractivity contribution in [2.24, 2.45) is 0 Å². The first-order chi connectivity index (χ1) is 11.1. The highest BCUT2D eigenvalue weighted by Gasteiger charge is 2.19. The molecule has 23 heavy (non-hydrogen) atoms. The number of anilines is 2. The lowest BCUT2D eigenvalue weighted by Gasteiger charge is -2.37. The highest BCUT2D eigenvalue weighted by Crippen LogP contribution is 2.18. The van der Waals surface area contributed by atoms with Crippen LogP contribution in [-0.4, -0.2) is 36.2 Å². The normalized spacial score (nSPS) is 14.7. The van der Waals surface area contributed by atoms with Gasteiger partial charge in [-0.25, -0.2) is 8.78 Å². The zero-order chi connectivity index (χ0) is 16.2. The van der Waals surface area contributed by atoms with Gasteiger partial charge in [0.25, 0.3) is 0 Å². The molecule has 0 saturated carbocycles. The molecule has 0 atom stereocenters. The number of benzene rings is 2. The van der Waals surface area contributed by atoms with Gasteiger partial charge < -0.3 is 15.1 Å². The van der Waals surface area contributed by atoms with Gasteiger partial charge in [-0.2, -0.15) is 0 Å². The van der Waals surface area contributed by atoms with Crippen LogP contribution in [0.1, 0.15) is 0 Å². The van der Waals surface area contributed by atoms with Crippen LogP contribution in [0, 0.1) is 11.6 Å². The molecule has 0 radical (unpaired) electrons. The van der Waals surface area contributed by atoms with Crippen LogP contribution in [0.25, 0.3) is 0 Å². The number of rotatable bonds is 2. The molecule has 2 aromatic carbocycles. The standard InChI is InChI=1S/C17H17F2N3S/c18-13-6-7-16(15(19)12-13)20-17(23)22-10-8-21(9-11-22)14-4-2-1-3-5-14/h1-7,12H,8-11H2,(H,20,23). The topological polar surface area (TPSA) is 18.5 Å². The minimum Gasteiger partial charge on any atom is -0.368 e. The first kappa shape index (κ1) is 15.7. The largest absolute Gasteiger partial charge is 0.368 e. The van der Waals surface area contributed by atoms with E-state index in [0.29, 0.717) is 5.11 Å². The molecule has 1 fully saturated rings. The van der Waals surface area contributed by atoms with Crippen LogP contribution >= 0.6 is 12.2 Å². The van der Waals surface area contributed by atoms with E-state index in [0.717, 1.165) is 32.2 Å². The van der Waals surface area contributed by atoms with Gasteiger partial charge in [0.15, 0.2) is 5.11 Å². The first-order valence-corrected chi connectivity index (χ1v) is 7.85. The maximum absolute atomic E-state index is 13.7. The molecule has 0 spiro atoms. The summed E-state index contributed by atoms with van der Waals surface area (Å²) < 4.78 is 26.6. The number of nitrogens with one attached hydrogen (secondary N) is 1. The van der Waals surface area contributed by atoms with E-state index >= 15 is 0 Å². The number of halogens is 2. The Hall–Kier alpha value is -2.21. The maximum Gasteiger partial charge on any atom is 0.173 e. The minimum absolute atomic E-state index is 0.196. The van der Waals surface area contributed by atoms with Crippen LogP contribution in [0.3, 0.4) is 0 Å². The SMILES string of the molecule is Fc1ccc(NC(=S)N2CCN(c3ccccc3)CC2)c(F)c1. The van der Waals surface area contributed by atoms with Crippen LogP contribution in [0.4, 0.5) is 20.2 Å². The van der Waals surface area contributed by atoms with E-state index in [1.54, 1.807) is 0 Å². The van der Waals surface area contributed by atoms with E-state index in [1.807, 2.05) is 23.1 Å². The summed E-state index contributed by atoms with van der Waals surface area (Å²) in [7, 11) is 0. The quantitative estimate of drug-likeness (QED) is 0.848. The smallest absolute Gasteiger partial charge is 0.173 e. The van der Waals surface area contributed by atoms with Gasteiger partial charge in [-0.15, -0.1) is 0 Å². The second kappa shape index (κ2) is 6.91. The zero-order valence-electron chi connectivity index (χ0n) is 12.5. The average molecular weight is 333 g/mol. The molecule has 0 aromatic heterocycles. The number of hydrogen-bond donors (Lipinski definition) is 1. The van der Waals surface area contributed by atoms with Crippen LogP contribution < -0.4 is 10.2 Å². The monoisotopic (exact) mass is 333 g/mol. The fraction of sp³-hybridized carbons (Fsp3) is 0.235. The first-order valence-electron chi connectivity index (χ1n) is 7.44. The number of piperazine rings is 1. The Morgan fingerprint density at radius 1 is 0.957 bits per heavy atom. The highest BCUT2D eigenvalue weighted by atomic mass is 32.1. The van der Waals surface area contributed by atoms with E-state index in [1.165, 1.54) is 17.8 Å². The summed E-state index contributed by atoms with van der Waals surface area (Å²) in [4.78, 5) is 4.29. The summed E-state index contributed by atoms with van der Waals surface area (Å²) in [6.45, 7) is 3.20. The van der Waals surface area contributed by atoms with Crippen LogP contribution in [0.15, 0.2) is 48.5 Å². The van der Waals surface area contributed by atoms with Crippen molar-refractivity contribution >= 4 is 28.7 Å². The molecule has 3 rings (SSSR count). The molecule has 0 bridgehead atoms. The maximum atomic E-state index is 13.7. The van der Waals surface area contributed by atoms with E-state index in [4.69, 9.17) is 12.2 Å². The van der Waals surface area contributed by atoms with Gasteiger partial charge in [0.2, 0.25) is 0 Å². The summed E-state index contributed by atoms with van der Waals surface area (Å²) >= 11 is 5.34. The molecule has 1 saturated heterocycles. The van der Waals surface area contributed by atoms with Gasteiger partial charge in [0, 0.05) is 37.9 Å². The molecule has 120 valence electrons. The molecule has 0 unspecified atom stereocenters. The fourth-order valence-electron chi connectivity index (χ4n) is 2.59. The molecule has 0 aliphatic carbocycles. The Morgan fingerprint density at radius 3 is 2.30 bits per heavy atom. The lowest BCUT2D eigenvalue weighted by molar-refractivity contribution is 0.391. The predicted molar refractivity (Wildman–Crippen MR) is 92.8 cm³/mol. The van der Waals surface area contributed by atoms with E-state index in [-0.39, 0.29) is 5.69 Å². The third-order valence-corrected chi connectivity index (χ3v) is 4.22. The van der Waals surface area contributed by atoms with Crippen molar-refractivity contribution in [3.63, 3.8) is 0 Å². The van der Waals surface area contributed by atoms with Crippen LogP contribution in [0.5, 0.6) is 0 Å². The Morgan fingerprint density at radius 2 is 1.65 bits per heavy atom. The summed E-state index contributed by atoms with van der Waals surface area (Å²) in [6.07, 6.45) is 0. The molecule has 1 aliphatic heterocycles. The summed E-state index contributed by atoms with van der Waals surface area (Å²) in [6, 6.07) is 13.6. The third-order valence-electron chi connectivity index (χ3n) is 3.86. The van der Waals surface area contributed by atoms with Gasteiger partial charge in [-0.3, -0.25) is 0 Å². The molecular weight excluding hydrogens is 316 g/mol. The number of thiocarbonyl (C=S) groups is 1. The summed E-state index contributed by atoms with van der Waals surface area (Å²) in [5, 5.41) is 3.32. The second-order valence-corrected chi connectivity index (χ2v) is 5.75. The lowest BCUT2D eigenvalue weighted by Crippen LogP contribution is -2.50. The van der Waals surface area contributed by atoms with Gasteiger partial charge in [0.05, 0.1) is 5.69 Å². The van der Waals surface area contributed by atoms with Crippen molar-refractivity contribution in [1.82, 2.24) is 4.90 Å². The molecule has 1 heterocycles. The van der Waals surface area contributed by atoms with Crippen molar-refractivity contribution in [2.75, 3.05) is 36.4 Å². The van der Waals surface area contributed by atoms with Crippen LogP contribution in [0.2, 0.25) is 0 Å². The highest BCUT2D eigenvalue weighted by molar-refractivity contribution is 7.80. The molecule has 1 N–H and O–H groups in total. The third kappa shape index (κ3) is 3.76. The molecule has 0 amide bonds. The van der Waals surface area contributed by atoms with Crippen molar-refractivity contribution in [3.8, 4) is 0 Å². The Kier molecular flexibility index (Phi) is 4.71. The minimum atomic E-state index is -0.643. The van der Waals surface area contributed by atoms with Crippen molar-refractivity contribution < 1.29 is 8.78 Å². The van der Waals surface area contributed by atoms with Gasteiger partial charge in [-0.05, 0) is 36.5 Å². The van der Waals surface area contributed by atoms with Crippen LogP contribution in [-0.2, 0) is 0 Å². The van der Waals surface area contributed by atoms with Gasteiger partial charge >= 0.3 is 0 Å². The second-order valence-electron chi connectivity index (χ2n) is 5.36. The predicted octanol–water partition coefficient (Wildman–Crippen LogP) is 3.48. The number of nitrogens with zero attached hydrogens (tertiary/aromatic N) is 2. The fourth-order valence-corrected chi connectivity index (χ4v) is 2.88. The summed E-state index contributed by atoms with van der Waals surface area (Å²) in [5.74, 6) is -1.24. The van der Waals surface area contributed by atoms with E-state index in [9.17, 15) is 8.78 Å². The molecule has 1 aliphatic rings. The van der Waals surface area contributed by atoms with Crippen molar-refractivity contribution in [1.29, 1.82) is 0 Å². The summed E-state index contributed by atoms with van der Waals surface area (Å²) in [5.41, 5.74) is 1.39. The Balaban J connectivity index is 1.58. The lowest BCUT2D eigenvalue weighted by atomic mass is 10.2. The van der Waals surface area contributed by atoms with E-state index in [2.05, 4.69) is 22.3 Å². The molecule has 3 nitrogen and oxygen atoms in total. The van der Waals surface area contributed by atoms with Gasteiger partial charge in [0.1, 0.15) is 11.6 Å². The average Bonchev–Trinajstić information content (AvgIpc) is 2.58. The van der Waals surface area contributed by atoms with E-state index < -0.39 is 11.6 Å². The number of para-hydroxylation sites is 1. The van der Waals surface area contributed by atoms with Crippen molar-refractivity contribution in [3.05, 3.63) is 60.2 Å².